The van der Waals surface area contributed by atoms with Crippen molar-refractivity contribution in [2.75, 3.05) is 0 Å². The molecule has 0 saturated carbocycles. The molecule has 1 aromatic carbocycles. The van der Waals surface area contributed by atoms with Crippen molar-refractivity contribution in [3.8, 4) is 11.1 Å². The smallest absolute Gasteiger partial charge is 0.220 e. The topological polar surface area (TPSA) is 59.8 Å². The molecular formula is C19H19BrN4O. The second-order valence-corrected chi connectivity index (χ2v) is 6.80. The van der Waals surface area contributed by atoms with E-state index >= 15 is 0 Å². The molecule has 0 fully saturated rings. The van der Waals surface area contributed by atoms with Gasteiger partial charge in [0.2, 0.25) is 5.91 Å². The van der Waals surface area contributed by atoms with Gasteiger partial charge in [0.05, 0.1) is 6.20 Å². The Balaban J connectivity index is 1.52. The lowest BCUT2D eigenvalue weighted by molar-refractivity contribution is -0.121. The van der Waals surface area contributed by atoms with Crippen molar-refractivity contribution < 1.29 is 4.79 Å². The number of hydrogen-bond donors (Lipinski definition) is 1. The molecule has 1 N–H and O–H groups in total. The zero-order chi connectivity index (χ0) is 17.6. The SMILES string of the molecule is Cn1cc(-c2cncc(CNC(=O)CCc3ccc(Br)cc3)c2)cn1. The molecular weight excluding hydrogens is 380 g/mol. The van der Waals surface area contributed by atoms with Crippen LogP contribution in [-0.4, -0.2) is 20.7 Å². The highest BCUT2D eigenvalue weighted by Crippen LogP contribution is 2.18. The number of carbonyl (C=O) groups excluding carboxylic acids is 1. The fourth-order valence-electron chi connectivity index (χ4n) is 2.51. The minimum absolute atomic E-state index is 0.0368. The zero-order valence-corrected chi connectivity index (χ0v) is 15.5. The number of amides is 1. The van der Waals surface area contributed by atoms with Gasteiger partial charge in [-0.15, -0.1) is 0 Å². The molecule has 1 amide bonds. The predicted octanol–water partition coefficient (Wildman–Crippen LogP) is 3.49. The number of halogens is 1. The summed E-state index contributed by atoms with van der Waals surface area (Å²) in [6, 6.07) is 10.1. The molecule has 0 spiro atoms. The highest BCUT2D eigenvalue weighted by Gasteiger charge is 2.05. The number of hydrogen-bond acceptors (Lipinski definition) is 3. The number of pyridine rings is 1. The lowest BCUT2D eigenvalue weighted by Gasteiger charge is -2.07. The maximum absolute atomic E-state index is 12.1. The molecule has 3 aromatic rings. The first-order valence-electron chi connectivity index (χ1n) is 8.04. The first-order chi connectivity index (χ1) is 12.1. The maximum Gasteiger partial charge on any atom is 0.220 e. The summed E-state index contributed by atoms with van der Waals surface area (Å²) in [6.45, 7) is 0.472. The first kappa shape index (κ1) is 17.4. The van der Waals surface area contributed by atoms with Crippen LogP contribution in [-0.2, 0) is 24.8 Å². The van der Waals surface area contributed by atoms with Crippen LogP contribution in [0, 0.1) is 0 Å². The molecule has 6 heteroatoms. The van der Waals surface area contributed by atoms with Crippen LogP contribution in [0.3, 0.4) is 0 Å². The van der Waals surface area contributed by atoms with Crippen molar-refractivity contribution in [3.05, 3.63) is 70.7 Å². The summed E-state index contributed by atoms with van der Waals surface area (Å²) in [7, 11) is 1.88. The summed E-state index contributed by atoms with van der Waals surface area (Å²) in [5.41, 5.74) is 4.13. The van der Waals surface area contributed by atoms with E-state index in [-0.39, 0.29) is 5.91 Å². The molecule has 128 valence electrons. The van der Waals surface area contributed by atoms with E-state index in [1.54, 1.807) is 23.3 Å². The van der Waals surface area contributed by atoms with Gasteiger partial charge in [-0.2, -0.15) is 5.10 Å². The molecule has 0 atom stereocenters. The van der Waals surface area contributed by atoms with Crippen LogP contribution < -0.4 is 5.32 Å². The Labute approximate surface area is 155 Å². The van der Waals surface area contributed by atoms with Crippen LogP contribution in [0.1, 0.15) is 17.5 Å². The van der Waals surface area contributed by atoms with Gasteiger partial charge in [-0.05, 0) is 35.7 Å². The number of benzene rings is 1. The molecule has 0 aliphatic carbocycles. The summed E-state index contributed by atoms with van der Waals surface area (Å²) in [5, 5.41) is 7.13. The van der Waals surface area contributed by atoms with Crippen LogP contribution >= 0.6 is 15.9 Å². The van der Waals surface area contributed by atoms with E-state index in [1.165, 1.54) is 0 Å². The van der Waals surface area contributed by atoms with E-state index in [0.717, 1.165) is 33.1 Å². The molecule has 0 aliphatic heterocycles. The molecule has 0 unspecified atom stereocenters. The highest BCUT2D eigenvalue weighted by atomic mass is 79.9. The zero-order valence-electron chi connectivity index (χ0n) is 13.9. The fourth-order valence-corrected chi connectivity index (χ4v) is 2.77. The van der Waals surface area contributed by atoms with Crippen molar-refractivity contribution in [1.82, 2.24) is 20.1 Å². The van der Waals surface area contributed by atoms with Gasteiger partial charge in [0, 0.05) is 54.2 Å². The number of rotatable bonds is 6. The van der Waals surface area contributed by atoms with Crippen molar-refractivity contribution in [1.29, 1.82) is 0 Å². The second-order valence-electron chi connectivity index (χ2n) is 5.89. The van der Waals surface area contributed by atoms with Crippen LogP contribution in [0.25, 0.3) is 11.1 Å². The van der Waals surface area contributed by atoms with Gasteiger partial charge in [0.1, 0.15) is 0 Å². The van der Waals surface area contributed by atoms with E-state index in [9.17, 15) is 4.79 Å². The van der Waals surface area contributed by atoms with Gasteiger partial charge in [0.25, 0.3) is 0 Å². The molecule has 25 heavy (non-hydrogen) atoms. The minimum Gasteiger partial charge on any atom is -0.352 e. The fraction of sp³-hybridized carbons (Fsp3) is 0.211. The van der Waals surface area contributed by atoms with Gasteiger partial charge in [-0.25, -0.2) is 0 Å². The molecule has 3 rings (SSSR count). The molecule has 0 aliphatic rings. The van der Waals surface area contributed by atoms with E-state index in [0.29, 0.717) is 13.0 Å². The predicted molar refractivity (Wildman–Crippen MR) is 101 cm³/mol. The number of nitrogens with one attached hydrogen (secondary N) is 1. The Morgan fingerprint density at radius 3 is 2.64 bits per heavy atom. The van der Waals surface area contributed by atoms with E-state index < -0.39 is 0 Å². The Bertz CT molecular complexity index is 858. The van der Waals surface area contributed by atoms with Gasteiger partial charge in [-0.3, -0.25) is 14.5 Å². The Morgan fingerprint density at radius 1 is 1.12 bits per heavy atom. The van der Waals surface area contributed by atoms with Gasteiger partial charge < -0.3 is 5.32 Å². The molecule has 0 saturated heterocycles. The van der Waals surface area contributed by atoms with Crippen molar-refractivity contribution in [3.63, 3.8) is 0 Å². The van der Waals surface area contributed by atoms with E-state index in [2.05, 4.69) is 31.3 Å². The summed E-state index contributed by atoms with van der Waals surface area (Å²) < 4.78 is 2.80. The van der Waals surface area contributed by atoms with Crippen molar-refractivity contribution >= 4 is 21.8 Å². The summed E-state index contributed by atoms with van der Waals surface area (Å²) >= 11 is 3.41. The van der Waals surface area contributed by atoms with Gasteiger partial charge >= 0.3 is 0 Å². The Hall–Kier alpha value is -2.47. The number of carbonyl (C=O) groups is 1. The van der Waals surface area contributed by atoms with Crippen molar-refractivity contribution in [2.24, 2.45) is 7.05 Å². The summed E-state index contributed by atoms with van der Waals surface area (Å²) in [5.74, 6) is 0.0368. The minimum atomic E-state index is 0.0368. The van der Waals surface area contributed by atoms with Crippen LogP contribution in [0.5, 0.6) is 0 Å². The maximum atomic E-state index is 12.1. The van der Waals surface area contributed by atoms with E-state index in [1.807, 2.05) is 43.6 Å². The molecule has 5 nitrogen and oxygen atoms in total. The third-order valence-corrected chi connectivity index (χ3v) is 4.41. The lowest BCUT2D eigenvalue weighted by Crippen LogP contribution is -2.23. The number of aryl methyl sites for hydroxylation is 2. The quantitative estimate of drug-likeness (QED) is 0.690. The third-order valence-electron chi connectivity index (χ3n) is 3.88. The molecule has 0 radical (unpaired) electrons. The Morgan fingerprint density at radius 2 is 1.92 bits per heavy atom. The number of aromatic nitrogens is 3. The van der Waals surface area contributed by atoms with Gasteiger partial charge in [-0.1, -0.05) is 28.1 Å². The molecule has 2 heterocycles. The Kier molecular flexibility index (Phi) is 5.60. The first-order valence-corrected chi connectivity index (χ1v) is 8.83. The van der Waals surface area contributed by atoms with E-state index in [4.69, 9.17) is 0 Å². The largest absolute Gasteiger partial charge is 0.352 e. The summed E-state index contributed by atoms with van der Waals surface area (Å²) in [6.07, 6.45) is 8.52. The highest BCUT2D eigenvalue weighted by molar-refractivity contribution is 9.10. The number of nitrogens with zero attached hydrogens (tertiary/aromatic N) is 3. The van der Waals surface area contributed by atoms with Crippen LogP contribution in [0.2, 0.25) is 0 Å². The second kappa shape index (κ2) is 8.07. The van der Waals surface area contributed by atoms with Crippen LogP contribution in [0.4, 0.5) is 0 Å². The summed E-state index contributed by atoms with van der Waals surface area (Å²) in [4.78, 5) is 16.3. The third kappa shape index (κ3) is 5.00. The average molecular weight is 399 g/mol. The molecule has 0 bridgehead atoms. The lowest BCUT2D eigenvalue weighted by atomic mass is 10.1. The van der Waals surface area contributed by atoms with Crippen LogP contribution in [0.15, 0.2) is 59.6 Å². The average Bonchev–Trinajstić information content (AvgIpc) is 3.06. The molecule has 2 aromatic heterocycles. The standard InChI is InChI=1S/C19H19BrN4O/c1-24-13-17(12-23-24)16-8-15(9-21-11-16)10-22-19(25)7-4-14-2-5-18(20)6-3-14/h2-3,5-6,8-9,11-13H,4,7,10H2,1H3,(H,22,25). The van der Waals surface area contributed by atoms with Crippen molar-refractivity contribution in [2.45, 2.75) is 19.4 Å². The normalized spacial score (nSPS) is 10.6. The van der Waals surface area contributed by atoms with Gasteiger partial charge in [0.15, 0.2) is 0 Å². The monoisotopic (exact) mass is 398 g/mol.